The first-order chi connectivity index (χ1) is 11.0. The SMILES string of the molecule is COc1cc2c(C(=O)[O-])c(C)n(CC(C)C)c2c2ccccc12. The smallest absolute Gasteiger partial charge is 0.127 e. The number of carbonyl (C=O) groups is 1. The van der Waals surface area contributed by atoms with Gasteiger partial charge in [0.05, 0.1) is 18.6 Å². The highest BCUT2D eigenvalue weighted by Crippen LogP contribution is 2.37. The summed E-state index contributed by atoms with van der Waals surface area (Å²) in [5.74, 6) is -0.0654. The van der Waals surface area contributed by atoms with Crippen molar-refractivity contribution >= 4 is 27.6 Å². The van der Waals surface area contributed by atoms with Gasteiger partial charge in [0.2, 0.25) is 0 Å². The zero-order chi connectivity index (χ0) is 16.7. The summed E-state index contributed by atoms with van der Waals surface area (Å²) >= 11 is 0. The van der Waals surface area contributed by atoms with Gasteiger partial charge in [0.15, 0.2) is 0 Å². The van der Waals surface area contributed by atoms with Crippen LogP contribution in [0, 0.1) is 12.8 Å². The number of aromatic nitrogens is 1. The Bertz CT molecular complexity index is 906. The molecule has 0 saturated carbocycles. The molecule has 0 unspecified atom stereocenters. The maximum absolute atomic E-state index is 11.7. The summed E-state index contributed by atoms with van der Waals surface area (Å²) in [5, 5.41) is 14.4. The summed E-state index contributed by atoms with van der Waals surface area (Å²) in [5.41, 5.74) is 1.92. The van der Waals surface area contributed by atoms with E-state index in [-0.39, 0.29) is 5.56 Å². The number of methoxy groups -OCH3 is 1. The average molecular weight is 310 g/mol. The Balaban J connectivity index is 2.54. The second-order valence-electron chi connectivity index (χ2n) is 6.27. The van der Waals surface area contributed by atoms with Gasteiger partial charge < -0.3 is 19.2 Å². The standard InChI is InChI=1S/C19H21NO3/c1-11(2)10-20-12(3)17(19(21)22)15-9-16(23-4)13-7-5-6-8-14(13)18(15)20/h5-9,11H,10H2,1-4H3,(H,21,22)/p-1. The number of fused-ring (bicyclic) bond motifs is 3. The monoisotopic (exact) mass is 310 g/mol. The summed E-state index contributed by atoms with van der Waals surface area (Å²) in [6.07, 6.45) is 0. The van der Waals surface area contributed by atoms with Gasteiger partial charge in [0.1, 0.15) is 5.75 Å². The van der Waals surface area contributed by atoms with Gasteiger partial charge >= 0.3 is 0 Å². The Kier molecular flexibility index (Phi) is 3.76. The average Bonchev–Trinajstić information content (AvgIpc) is 2.78. The third-order valence-electron chi connectivity index (χ3n) is 4.26. The molecule has 120 valence electrons. The van der Waals surface area contributed by atoms with Gasteiger partial charge in [-0.3, -0.25) is 0 Å². The lowest BCUT2D eigenvalue weighted by Gasteiger charge is -2.14. The van der Waals surface area contributed by atoms with E-state index in [1.54, 1.807) is 7.11 Å². The van der Waals surface area contributed by atoms with Crippen molar-refractivity contribution in [3.05, 3.63) is 41.6 Å². The fourth-order valence-corrected chi connectivity index (χ4v) is 3.33. The number of hydrogen-bond acceptors (Lipinski definition) is 3. The third-order valence-corrected chi connectivity index (χ3v) is 4.26. The minimum Gasteiger partial charge on any atom is -0.545 e. The number of carbonyl (C=O) groups excluding carboxylic acids is 1. The van der Waals surface area contributed by atoms with Crippen molar-refractivity contribution in [3.63, 3.8) is 0 Å². The fourth-order valence-electron chi connectivity index (χ4n) is 3.33. The summed E-state index contributed by atoms with van der Waals surface area (Å²) in [6, 6.07) is 9.73. The van der Waals surface area contributed by atoms with Crippen LogP contribution in [0.3, 0.4) is 0 Å². The molecule has 0 fully saturated rings. The predicted molar refractivity (Wildman–Crippen MR) is 89.9 cm³/mol. The lowest BCUT2D eigenvalue weighted by atomic mass is 10.0. The van der Waals surface area contributed by atoms with Crippen LogP contribution in [0.1, 0.15) is 29.9 Å². The van der Waals surface area contributed by atoms with Crippen molar-refractivity contribution in [2.24, 2.45) is 5.92 Å². The van der Waals surface area contributed by atoms with Crippen LogP contribution in [0.5, 0.6) is 5.75 Å². The van der Waals surface area contributed by atoms with E-state index in [2.05, 4.69) is 18.4 Å². The Hall–Kier alpha value is -2.49. The molecule has 0 aliphatic carbocycles. The van der Waals surface area contributed by atoms with E-state index in [1.165, 1.54) is 0 Å². The molecule has 23 heavy (non-hydrogen) atoms. The molecule has 0 aliphatic rings. The number of ether oxygens (including phenoxy) is 1. The highest BCUT2D eigenvalue weighted by molar-refractivity contribution is 6.15. The quantitative estimate of drug-likeness (QED) is 0.744. The molecule has 0 amide bonds. The molecule has 0 aliphatic heterocycles. The maximum atomic E-state index is 11.7. The summed E-state index contributed by atoms with van der Waals surface area (Å²) in [6.45, 7) is 6.84. The van der Waals surface area contributed by atoms with Crippen molar-refractivity contribution in [1.82, 2.24) is 4.57 Å². The van der Waals surface area contributed by atoms with Gasteiger partial charge in [-0.15, -0.1) is 0 Å². The van der Waals surface area contributed by atoms with E-state index in [1.807, 2.05) is 37.3 Å². The molecule has 0 spiro atoms. The normalized spacial score (nSPS) is 11.5. The van der Waals surface area contributed by atoms with Crippen molar-refractivity contribution in [3.8, 4) is 5.75 Å². The molecular formula is C19H20NO3-. The fraction of sp³-hybridized carbons (Fsp3) is 0.316. The van der Waals surface area contributed by atoms with Gasteiger partial charge in [-0.2, -0.15) is 0 Å². The number of benzene rings is 2. The van der Waals surface area contributed by atoms with Crippen LogP contribution in [0.25, 0.3) is 21.7 Å². The Morgan fingerprint density at radius 3 is 2.43 bits per heavy atom. The van der Waals surface area contributed by atoms with E-state index >= 15 is 0 Å². The van der Waals surface area contributed by atoms with Crippen molar-refractivity contribution < 1.29 is 14.6 Å². The highest BCUT2D eigenvalue weighted by atomic mass is 16.5. The lowest BCUT2D eigenvalue weighted by molar-refractivity contribution is -0.254. The van der Waals surface area contributed by atoms with Crippen LogP contribution < -0.4 is 9.84 Å². The third kappa shape index (κ3) is 2.34. The van der Waals surface area contributed by atoms with E-state index in [0.29, 0.717) is 17.1 Å². The molecule has 4 nitrogen and oxygen atoms in total. The summed E-state index contributed by atoms with van der Waals surface area (Å²) in [7, 11) is 1.60. The van der Waals surface area contributed by atoms with E-state index in [0.717, 1.165) is 28.5 Å². The number of rotatable bonds is 4. The molecule has 0 N–H and O–H groups in total. The molecule has 0 bridgehead atoms. The number of carboxylic acid groups (broad SMARTS) is 1. The number of nitrogens with zero attached hydrogens (tertiary/aromatic N) is 1. The molecule has 2 aromatic carbocycles. The number of aromatic carboxylic acids is 1. The maximum Gasteiger partial charge on any atom is 0.127 e. The second kappa shape index (κ2) is 5.61. The van der Waals surface area contributed by atoms with Crippen LogP contribution in [-0.4, -0.2) is 17.6 Å². The minimum atomic E-state index is -1.15. The van der Waals surface area contributed by atoms with Crippen LogP contribution in [0.2, 0.25) is 0 Å². The van der Waals surface area contributed by atoms with Gasteiger partial charge in [-0.25, -0.2) is 0 Å². The van der Waals surface area contributed by atoms with Gasteiger partial charge in [-0.05, 0) is 18.9 Å². The molecule has 1 heterocycles. The van der Waals surface area contributed by atoms with Gasteiger partial charge in [0, 0.05) is 34.0 Å². The van der Waals surface area contributed by atoms with Crippen LogP contribution in [-0.2, 0) is 6.54 Å². The number of hydrogen-bond donors (Lipinski definition) is 0. The largest absolute Gasteiger partial charge is 0.545 e. The first-order valence-electron chi connectivity index (χ1n) is 7.75. The number of carboxylic acids is 1. The Morgan fingerprint density at radius 2 is 1.87 bits per heavy atom. The van der Waals surface area contributed by atoms with Crippen molar-refractivity contribution in [1.29, 1.82) is 0 Å². The first-order valence-corrected chi connectivity index (χ1v) is 7.75. The Morgan fingerprint density at radius 1 is 1.22 bits per heavy atom. The van der Waals surface area contributed by atoms with Crippen molar-refractivity contribution in [2.45, 2.75) is 27.3 Å². The van der Waals surface area contributed by atoms with Gasteiger partial charge in [-0.1, -0.05) is 38.1 Å². The molecule has 1 aromatic heterocycles. The zero-order valence-corrected chi connectivity index (χ0v) is 13.8. The molecule has 0 atom stereocenters. The van der Waals surface area contributed by atoms with Gasteiger partial charge in [0.25, 0.3) is 0 Å². The molecule has 0 saturated heterocycles. The van der Waals surface area contributed by atoms with Crippen molar-refractivity contribution in [2.75, 3.05) is 7.11 Å². The van der Waals surface area contributed by atoms with E-state index in [9.17, 15) is 9.90 Å². The molecule has 3 rings (SSSR count). The Labute approximate surface area is 135 Å². The summed E-state index contributed by atoms with van der Waals surface area (Å²) in [4.78, 5) is 11.7. The molecular weight excluding hydrogens is 290 g/mol. The minimum absolute atomic E-state index is 0.254. The van der Waals surface area contributed by atoms with Crippen LogP contribution in [0.15, 0.2) is 30.3 Å². The molecule has 4 heteroatoms. The van der Waals surface area contributed by atoms with Crippen LogP contribution >= 0.6 is 0 Å². The molecule has 0 radical (unpaired) electrons. The second-order valence-corrected chi connectivity index (χ2v) is 6.27. The first kappa shape index (κ1) is 15.4. The zero-order valence-electron chi connectivity index (χ0n) is 13.8. The van der Waals surface area contributed by atoms with E-state index < -0.39 is 5.97 Å². The van der Waals surface area contributed by atoms with E-state index in [4.69, 9.17) is 4.74 Å². The summed E-state index contributed by atoms with van der Waals surface area (Å²) < 4.78 is 7.57. The highest BCUT2D eigenvalue weighted by Gasteiger charge is 2.19. The molecule has 3 aromatic rings. The lowest BCUT2D eigenvalue weighted by Crippen LogP contribution is -2.23. The topological polar surface area (TPSA) is 54.3 Å². The predicted octanol–water partition coefficient (Wildman–Crippen LogP) is 3.13. The van der Waals surface area contributed by atoms with Crippen LogP contribution in [0.4, 0.5) is 0 Å².